The fourth-order valence-electron chi connectivity index (χ4n) is 3.88. The van der Waals surface area contributed by atoms with Gasteiger partial charge in [0.05, 0.1) is 6.10 Å². The zero-order valence-corrected chi connectivity index (χ0v) is 12.7. The van der Waals surface area contributed by atoms with Crippen LogP contribution in [-0.2, 0) is 0 Å². The third kappa shape index (κ3) is 2.83. The van der Waals surface area contributed by atoms with E-state index >= 15 is 0 Å². The van der Waals surface area contributed by atoms with Crippen molar-refractivity contribution in [2.24, 2.45) is 11.8 Å². The van der Waals surface area contributed by atoms with Crippen LogP contribution in [0.25, 0.3) is 0 Å². The summed E-state index contributed by atoms with van der Waals surface area (Å²) < 4.78 is 19.4. The lowest BCUT2D eigenvalue weighted by Gasteiger charge is -2.22. The van der Waals surface area contributed by atoms with Crippen LogP contribution in [0.2, 0.25) is 0 Å². The number of benzene rings is 1. The van der Waals surface area contributed by atoms with Gasteiger partial charge in [0, 0.05) is 31.0 Å². The minimum Gasteiger partial charge on any atom is -0.508 e. The van der Waals surface area contributed by atoms with Gasteiger partial charge in [-0.2, -0.15) is 4.39 Å². The molecule has 5 heteroatoms. The lowest BCUT2D eigenvalue weighted by molar-refractivity contribution is 0.189. The second-order valence-corrected chi connectivity index (χ2v) is 6.45. The smallest absolute Gasteiger partial charge is 0.255 e. The van der Waals surface area contributed by atoms with E-state index in [9.17, 15) is 9.50 Å². The van der Waals surface area contributed by atoms with Crippen molar-refractivity contribution in [3.63, 3.8) is 0 Å². The van der Waals surface area contributed by atoms with Crippen LogP contribution in [-0.4, -0.2) is 29.3 Å². The highest BCUT2D eigenvalue weighted by atomic mass is 19.1. The molecule has 1 saturated heterocycles. The average Bonchev–Trinajstić information content (AvgIpc) is 3.08. The molecule has 23 heavy (non-hydrogen) atoms. The molecular weight excluding hydrogens is 295 g/mol. The Kier molecular flexibility index (Phi) is 3.56. The number of fused-ring (bicyclic) bond motifs is 1. The number of phenolic OH excluding ortho intramolecular Hbond substituents is 1. The number of rotatable bonds is 3. The summed E-state index contributed by atoms with van der Waals surface area (Å²) in [6, 6.07) is 10.7. The maximum absolute atomic E-state index is 13.6. The van der Waals surface area contributed by atoms with E-state index in [1.54, 1.807) is 24.3 Å². The first-order valence-corrected chi connectivity index (χ1v) is 8.00. The molecule has 1 aliphatic carbocycles. The van der Waals surface area contributed by atoms with Gasteiger partial charge < -0.3 is 14.7 Å². The Hall–Kier alpha value is -2.30. The minimum atomic E-state index is -0.536. The molecule has 4 rings (SSSR count). The normalized spacial score (nSPS) is 26.3. The standard InChI is InChI=1S/C18H19FN2O2/c19-18-17(5-2-6-20-18)23-16-7-12-10-21(11-13(12)8-16)14-3-1-4-15(22)9-14/h1-6,9,12-13,16,22H,7-8,10-11H2/t12-,13+,16?. The summed E-state index contributed by atoms with van der Waals surface area (Å²) in [5.74, 6) is 1.13. The summed E-state index contributed by atoms with van der Waals surface area (Å²) in [5, 5.41) is 9.62. The predicted molar refractivity (Wildman–Crippen MR) is 85.1 cm³/mol. The van der Waals surface area contributed by atoms with Crippen LogP contribution in [0, 0.1) is 17.8 Å². The number of nitrogens with zero attached hydrogens (tertiary/aromatic N) is 2. The Bertz CT molecular complexity index is 695. The number of pyridine rings is 1. The second-order valence-electron chi connectivity index (χ2n) is 6.45. The van der Waals surface area contributed by atoms with Crippen molar-refractivity contribution >= 4 is 5.69 Å². The number of aromatic hydroxyl groups is 1. The SMILES string of the molecule is Oc1cccc(N2C[C@H]3CC(Oc4cccnc4F)C[C@H]3C2)c1. The molecule has 0 radical (unpaired) electrons. The van der Waals surface area contributed by atoms with Crippen molar-refractivity contribution in [2.45, 2.75) is 18.9 Å². The van der Waals surface area contributed by atoms with Crippen molar-refractivity contribution in [1.82, 2.24) is 4.98 Å². The first-order valence-electron chi connectivity index (χ1n) is 8.00. The van der Waals surface area contributed by atoms with Crippen molar-refractivity contribution in [1.29, 1.82) is 0 Å². The maximum atomic E-state index is 13.6. The predicted octanol–water partition coefficient (Wildman–Crippen LogP) is 3.22. The van der Waals surface area contributed by atoms with Gasteiger partial charge in [0.25, 0.3) is 5.95 Å². The van der Waals surface area contributed by atoms with Crippen molar-refractivity contribution in [3.05, 3.63) is 48.5 Å². The van der Waals surface area contributed by atoms with E-state index in [2.05, 4.69) is 9.88 Å². The number of hydrogen-bond acceptors (Lipinski definition) is 4. The Morgan fingerprint density at radius 1 is 1.13 bits per heavy atom. The maximum Gasteiger partial charge on any atom is 0.255 e. The summed E-state index contributed by atoms with van der Waals surface area (Å²) in [7, 11) is 0. The van der Waals surface area contributed by atoms with Gasteiger partial charge >= 0.3 is 0 Å². The molecule has 0 bridgehead atoms. The van der Waals surface area contributed by atoms with E-state index < -0.39 is 5.95 Å². The van der Waals surface area contributed by atoms with E-state index in [0.29, 0.717) is 17.6 Å². The Morgan fingerprint density at radius 3 is 2.61 bits per heavy atom. The molecular formula is C18H19FN2O2. The fourth-order valence-corrected chi connectivity index (χ4v) is 3.88. The van der Waals surface area contributed by atoms with Crippen LogP contribution in [0.4, 0.5) is 10.1 Å². The van der Waals surface area contributed by atoms with Crippen molar-refractivity contribution in [3.8, 4) is 11.5 Å². The third-order valence-electron chi connectivity index (χ3n) is 4.92. The van der Waals surface area contributed by atoms with Gasteiger partial charge in [-0.15, -0.1) is 0 Å². The summed E-state index contributed by atoms with van der Waals surface area (Å²) >= 11 is 0. The first-order chi connectivity index (χ1) is 11.2. The molecule has 120 valence electrons. The van der Waals surface area contributed by atoms with E-state index in [0.717, 1.165) is 31.6 Å². The summed E-state index contributed by atoms with van der Waals surface area (Å²) in [6.07, 6.45) is 3.37. The second kappa shape index (κ2) is 5.72. The monoisotopic (exact) mass is 314 g/mol. The number of hydrogen-bond donors (Lipinski definition) is 1. The molecule has 1 N–H and O–H groups in total. The quantitative estimate of drug-likeness (QED) is 0.884. The van der Waals surface area contributed by atoms with Gasteiger partial charge in [-0.25, -0.2) is 4.98 Å². The highest BCUT2D eigenvalue weighted by molar-refractivity contribution is 5.51. The van der Waals surface area contributed by atoms with Gasteiger partial charge in [0.2, 0.25) is 0 Å². The summed E-state index contributed by atoms with van der Waals surface area (Å²) in [5.41, 5.74) is 1.06. The van der Waals surface area contributed by atoms with Crippen molar-refractivity contribution < 1.29 is 14.2 Å². The van der Waals surface area contributed by atoms with Crippen LogP contribution in [0.5, 0.6) is 11.5 Å². The zero-order valence-electron chi connectivity index (χ0n) is 12.7. The molecule has 2 fully saturated rings. The Morgan fingerprint density at radius 2 is 1.91 bits per heavy atom. The summed E-state index contributed by atoms with van der Waals surface area (Å²) in [4.78, 5) is 5.95. The fraction of sp³-hybridized carbons (Fsp3) is 0.389. The lowest BCUT2D eigenvalue weighted by Crippen LogP contribution is -2.24. The van der Waals surface area contributed by atoms with Crippen molar-refractivity contribution in [2.75, 3.05) is 18.0 Å². The topological polar surface area (TPSA) is 45.6 Å². The molecule has 1 unspecified atom stereocenters. The number of phenols is 1. The van der Waals surface area contributed by atoms with Gasteiger partial charge in [-0.05, 0) is 48.9 Å². The van der Waals surface area contributed by atoms with Gasteiger partial charge in [-0.1, -0.05) is 6.07 Å². The largest absolute Gasteiger partial charge is 0.508 e. The number of aromatic nitrogens is 1. The first kappa shape index (κ1) is 14.3. The van der Waals surface area contributed by atoms with Gasteiger partial charge in [-0.3, -0.25) is 0 Å². The number of halogens is 1. The molecule has 2 heterocycles. The van der Waals surface area contributed by atoms with Gasteiger partial charge in [0.15, 0.2) is 5.75 Å². The summed E-state index contributed by atoms with van der Waals surface area (Å²) in [6.45, 7) is 1.92. The molecule has 1 saturated carbocycles. The number of anilines is 1. The van der Waals surface area contributed by atoms with Crippen LogP contribution >= 0.6 is 0 Å². The highest BCUT2D eigenvalue weighted by Gasteiger charge is 2.42. The Balaban J connectivity index is 1.39. The van der Waals surface area contributed by atoms with Crippen LogP contribution in [0.3, 0.4) is 0 Å². The molecule has 2 aliphatic rings. The molecule has 1 aliphatic heterocycles. The van der Waals surface area contributed by atoms with Crippen LogP contribution in [0.1, 0.15) is 12.8 Å². The lowest BCUT2D eigenvalue weighted by atomic mass is 10.0. The van der Waals surface area contributed by atoms with Crippen LogP contribution in [0.15, 0.2) is 42.6 Å². The Labute approximate surface area is 134 Å². The molecule has 1 aromatic heterocycles. The molecule has 3 atom stereocenters. The molecule has 1 aromatic carbocycles. The third-order valence-corrected chi connectivity index (χ3v) is 4.92. The highest BCUT2D eigenvalue weighted by Crippen LogP contribution is 2.41. The zero-order chi connectivity index (χ0) is 15.8. The average molecular weight is 314 g/mol. The molecule has 4 nitrogen and oxygen atoms in total. The molecule has 2 aromatic rings. The van der Waals surface area contributed by atoms with E-state index in [4.69, 9.17) is 4.74 Å². The number of ether oxygens (including phenoxy) is 1. The van der Waals surface area contributed by atoms with E-state index in [1.807, 2.05) is 12.1 Å². The molecule has 0 spiro atoms. The van der Waals surface area contributed by atoms with E-state index in [-0.39, 0.29) is 11.9 Å². The minimum absolute atomic E-state index is 0.0648. The van der Waals surface area contributed by atoms with Gasteiger partial charge in [0.1, 0.15) is 5.75 Å². The van der Waals surface area contributed by atoms with Crippen LogP contribution < -0.4 is 9.64 Å². The molecule has 0 amide bonds. The van der Waals surface area contributed by atoms with E-state index in [1.165, 1.54) is 6.20 Å².